The topological polar surface area (TPSA) is 66.4 Å². The monoisotopic (exact) mass is 395 g/mol. The Labute approximate surface area is 136 Å². The van der Waals surface area contributed by atoms with Crippen molar-refractivity contribution < 1.29 is 14.7 Å². The third kappa shape index (κ3) is 3.60. The van der Waals surface area contributed by atoms with Crippen molar-refractivity contribution in [3.8, 4) is 0 Å². The number of amides is 1. The molecule has 0 radical (unpaired) electrons. The zero-order valence-electron chi connectivity index (χ0n) is 11.6. The minimum absolute atomic E-state index is 0.202. The number of carbonyl (C=O) groups is 2. The van der Waals surface area contributed by atoms with E-state index in [0.717, 1.165) is 9.13 Å². The number of benzene rings is 2. The molecule has 2 N–H and O–H groups in total. The third-order valence-corrected chi connectivity index (χ3v) is 3.98. The van der Waals surface area contributed by atoms with E-state index in [9.17, 15) is 14.7 Å². The molecule has 0 aromatic heterocycles. The van der Waals surface area contributed by atoms with E-state index in [-0.39, 0.29) is 11.5 Å². The van der Waals surface area contributed by atoms with Crippen LogP contribution in [0.25, 0.3) is 0 Å². The smallest absolute Gasteiger partial charge is 0.336 e. The molecule has 0 saturated heterocycles. The zero-order valence-corrected chi connectivity index (χ0v) is 13.8. The van der Waals surface area contributed by atoms with Crippen molar-refractivity contribution in [1.29, 1.82) is 0 Å². The van der Waals surface area contributed by atoms with Crippen molar-refractivity contribution in [2.75, 3.05) is 5.32 Å². The summed E-state index contributed by atoms with van der Waals surface area (Å²) >= 11 is 2.17. The van der Waals surface area contributed by atoms with Crippen LogP contribution in [-0.4, -0.2) is 17.0 Å². The van der Waals surface area contributed by atoms with Crippen LogP contribution in [0.4, 0.5) is 5.69 Å². The van der Waals surface area contributed by atoms with E-state index in [1.54, 1.807) is 25.1 Å². The Bertz CT molecular complexity index is 708. The predicted octanol–water partition coefficient (Wildman–Crippen LogP) is 3.86. The molecule has 0 aliphatic heterocycles. The average molecular weight is 395 g/mol. The largest absolute Gasteiger partial charge is 0.478 e. The van der Waals surface area contributed by atoms with Crippen molar-refractivity contribution in [1.82, 2.24) is 0 Å². The molecule has 2 aromatic carbocycles. The molecule has 0 atom stereocenters. The highest BCUT2D eigenvalue weighted by atomic mass is 127. The lowest BCUT2D eigenvalue weighted by Crippen LogP contribution is -2.13. The van der Waals surface area contributed by atoms with Crippen LogP contribution in [0.1, 0.15) is 31.8 Å². The fourth-order valence-corrected chi connectivity index (χ4v) is 2.32. The van der Waals surface area contributed by atoms with Crippen LogP contribution < -0.4 is 5.32 Å². The van der Waals surface area contributed by atoms with E-state index in [1.165, 1.54) is 6.07 Å². The molecule has 0 bridgehead atoms. The molecule has 0 heterocycles. The van der Waals surface area contributed by atoms with Crippen LogP contribution in [0.3, 0.4) is 0 Å². The van der Waals surface area contributed by atoms with Gasteiger partial charge in [0.15, 0.2) is 0 Å². The summed E-state index contributed by atoms with van der Waals surface area (Å²) in [5.41, 5.74) is 2.75. The molecule has 0 aliphatic rings. The maximum atomic E-state index is 12.1. The van der Waals surface area contributed by atoms with Crippen molar-refractivity contribution in [3.05, 3.63) is 62.2 Å². The van der Waals surface area contributed by atoms with E-state index >= 15 is 0 Å². The Hall–Kier alpha value is -1.89. The number of carboxylic acids is 1. The first-order chi connectivity index (χ1) is 9.88. The number of halogens is 1. The van der Waals surface area contributed by atoms with E-state index in [0.29, 0.717) is 16.8 Å². The lowest BCUT2D eigenvalue weighted by molar-refractivity contribution is 0.0695. The zero-order chi connectivity index (χ0) is 15.6. The van der Waals surface area contributed by atoms with Gasteiger partial charge in [0.1, 0.15) is 0 Å². The van der Waals surface area contributed by atoms with Crippen molar-refractivity contribution in [3.63, 3.8) is 0 Å². The first kappa shape index (κ1) is 15.5. The average Bonchev–Trinajstić information content (AvgIpc) is 2.43. The van der Waals surface area contributed by atoms with E-state index in [2.05, 4.69) is 27.9 Å². The van der Waals surface area contributed by atoms with Crippen LogP contribution >= 0.6 is 22.6 Å². The number of anilines is 1. The molecule has 1 amide bonds. The molecule has 2 aromatic rings. The molecule has 5 heteroatoms. The van der Waals surface area contributed by atoms with Crippen LogP contribution in [0.15, 0.2) is 36.4 Å². The van der Waals surface area contributed by atoms with Gasteiger partial charge in [-0.1, -0.05) is 0 Å². The van der Waals surface area contributed by atoms with Gasteiger partial charge in [0.05, 0.1) is 5.56 Å². The Morgan fingerprint density at radius 2 is 1.71 bits per heavy atom. The molecule has 0 spiro atoms. The standard InChI is InChI=1S/C16H14INO3/c1-9-7-13(8-14(10(9)2)16(20)21)18-15(19)11-3-5-12(17)6-4-11/h3-8H,1-2H3,(H,18,19)(H,20,21). The van der Waals surface area contributed by atoms with Gasteiger partial charge in [0.25, 0.3) is 5.91 Å². The van der Waals surface area contributed by atoms with Gasteiger partial charge < -0.3 is 10.4 Å². The molecule has 0 aliphatic carbocycles. The summed E-state index contributed by atoms with van der Waals surface area (Å²) in [5.74, 6) is -1.26. The molecule has 0 fully saturated rings. The number of rotatable bonds is 3. The quantitative estimate of drug-likeness (QED) is 0.776. The number of nitrogens with one attached hydrogen (secondary N) is 1. The maximum Gasteiger partial charge on any atom is 0.336 e. The van der Waals surface area contributed by atoms with Gasteiger partial charge in [0.2, 0.25) is 0 Å². The number of hydrogen-bond acceptors (Lipinski definition) is 2. The molecule has 4 nitrogen and oxygen atoms in total. The van der Waals surface area contributed by atoms with E-state index in [1.807, 2.05) is 19.1 Å². The second-order valence-corrected chi connectivity index (χ2v) is 5.98. The predicted molar refractivity (Wildman–Crippen MR) is 90.0 cm³/mol. The molecular formula is C16H14INO3. The fourth-order valence-electron chi connectivity index (χ4n) is 1.96. The van der Waals surface area contributed by atoms with E-state index in [4.69, 9.17) is 0 Å². The molecule has 2 rings (SSSR count). The van der Waals surface area contributed by atoms with Gasteiger partial charge in [-0.2, -0.15) is 0 Å². The number of carboxylic acid groups (broad SMARTS) is 1. The fraction of sp³-hybridized carbons (Fsp3) is 0.125. The lowest BCUT2D eigenvalue weighted by atomic mass is 10.0. The Morgan fingerprint density at radius 3 is 2.29 bits per heavy atom. The van der Waals surface area contributed by atoms with Gasteiger partial charge in [-0.3, -0.25) is 4.79 Å². The summed E-state index contributed by atoms with van der Waals surface area (Å²) in [6.45, 7) is 3.58. The van der Waals surface area contributed by atoms with Gasteiger partial charge in [-0.05, 0) is 84.0 Å². The normalized spacial score (nSPS) is 10.2. The minimum Gasteiger partial charge on any atom is -0.478 e. The summed E-state index contributed by atoms with van der Waals surface area (Å²) in [6, 6.07) is 10.4. The SMILES string of the molecule is Cc1cc(NC(=O)c2ccc(I)cc2)cc(C(=O)O)c1C. The lowest BCUT2D eigenvalue weighted by Gasteiger charge is -2.11. The first-order valence-electron chi connectivity index (χ1n) is 6.30. The van der Waals surface area contributed by atoms with Crippen molar-refractivity contribution >= 4 is 40.2 Å². The van der Waals surface area contributed by atoms with E-state index < -0.39 is 5.97 Å². The summed E-state index contributed by atoms with van der Waals surface area (Å²) in [4.78, 5) is 23.3. The maximum absolute atomic E-state index is 12.1. The number of aryl methyl sites for hydroxylation is 1. The van der Waals surface area contributed by atoms with Gasteiger partial charge in [-0.15, -0.1) is 0 Å². The van der Waals surface area contributed by atoms with Crippen LogP contribution in [0.5, 0.6) is 0 Å². The van der Waals surface area contributed by atoms with Gasteiger partial charge in [-0.25, -0.2) is 4.79 Å². The molecule has 108 valence electrons. The summed E-state index contributed by atoms with van der Waals surface area (Å²) < 4.78 is 1.04. The van der Waals surface area contributed by atoms with Gasteiger partial charge >= 0.3 is 5.97 Å². The second-order valence-electron chi connectivity index (χ2n) is 4.73. The molecular weight excluding hydrogens is 381 g/mol. The number of aromatic carboxylic acids is 1. The minimum atomic E-state index is -0.999. The molecule has 21 heavy (non-hydrogen) atoms. The number of carbonyl (C=O) groups excluding carboxylic acids is 1. The highest BCUT2D eigenvalue weighted by Gasteiger charge is 2.13. The highest BCUT2D eigenvalue weighted by Crippen LogP contribution is 2.21. The molecule has 0 unspecified atom stereocenters. The Balaban J connectivity index is 2.29. The van der Waals surface area contributed by atoms with Crippen LogP contribution in [0.2, 0.25) is 0 Å². The Morgan fingerprint density at radius 1 is 1.10 bits per heavy atom. The van der Waals surface area contributed by atoms with Crippen molar-refractivity contribution in [2.45, 2.75) is 13.8 Å². The Kier molecular flexibility index (Phi) is 4.62. The summed E-state index contributed by atoms with van der Waals surface area (Å²) in [7, 11) is 0. The van der Waals surface area contributed by atoms with Crippen molar-refractivity contribution in [2.24, 2.45) is 0 Å². The second kappa shape index (κ2) is 6.26. The molecule has 0 saturated carbocycles. The summed E-state index contributed by atoms with van der Waals surface area (Å²) in [5, 5.41) is 11.9. The first-order valence-corrected chi connectivity index (χ1v) is 7.38. The van der Waals surface area contributed by atoms with Crippen LogP contribution in [-0.2, 0) is 0 Å². The number of hydrogen-bond donors (Lipinski definition) is 2. The summed E-state index contributed by atoms with van der Waals surface area (Å²) in [6.07, 6.45) is 0. The van der Waals surface area contributed by atoms with Crippen LogP contribution in [0, 0.1) is 17.4 Å². The third-order valence-electron chi connectivity index (χ3n) is 3.26. The van der Waals surface area contributed by atoms with Gasteiger partial charge in [0, 0.05) is 14.8 Å². The highest BCUT2D eigenvalue weighted by molar-refractivity contribution is 14.1.